The van der Waals surface area contributed by atoms with Crippen molar-refractivity contribution in [3.8, 4) is 5.00 Å². The second-order valence-corrected chi connectivity index (χ2v) is 8.99. The number of hydrogen-bond acceptors (Lipinski definition) is 3. The first-order valence-corrected chi connectivity index (χ1v) is 10.9. The Kier molecular flexibility index (Phi) is 5.36. The van der Waals surface area contributed by atoms with Gasteiger partial charge in [-0.05, 0) is 75.8 Å². The Hall–Kier alpha value is -2.37. The van der Waals surface area contributed by atoms with Crippen molar-refractivity contribution in [2.45, 2.75) is 46.5 Å². The molecule has 0 saturated carbocycles. The SMILES string of the molecule is Cc1c(Cl)cccc1N=Cc1cc(C)n(-c2sc3c(c2C(=O)O)CCCC3)c1C. The predicted molar refractivity (Wildman–Crippen MR) is 120 cm³/mol. The average Bonchev–Trinajstić information content (AvgIpc) is 3.19. The van der Waals surface area contributed by atoms with E-state index >= 15 is 0 Å². The van der Waals surface area contributed by atoms with Crippen LogP contribution in [-0.4, -0.2) is 21.9 Å². The van der Waals surface area contributed by atoms with E-state index in [4.69, 9.17) is 11.6 Å². The molecule has 1 aliphatic rings. The summed E-state index contributed by atoms with van der Waals surface area (Å²) in [6.45, 7) is 5.98. The molecular formula is C23H23ClN2O2S. The van der Waals surface area contributed by atoms with Gasteiger partial charge in [-0.15, -0.1) is 11.3 Å². The first-order chi connectivity index (χ1) is 13.9. The van der Waals surface area contributed by atoms with Crippen molar-refractivity contribution in [2.24, 2.45) is 4.99 Å². The van der Waals surface area contributed by atoms with Crippen molar-refractivity contribution in [3.63, 3.8) is 0 Å². The van der Waals surface area contributed by atoms with Gasteiger partial charge in [-0.3, -0.25) is 4.99 Å². The van der Waals surface area contributed by atoms with Crippen LogP contribution in [0.3, 0.4) is 0 Å². The molecule has 0 amide bonds. The highest BCUT2D eigenvalue weighted by molar-refractivity contribution is 7.15. The van der Waals surface area contributed by atoms with E-state index in [2.05, 4.69) is 15.6 Å². The van der Waals surface area contributed by atoms with Gasteiger partial charge in [-0.25, -0.2) is 4.79 Å². The summed E-state index contributed by atoms with van der Waals surface area (Å²) in [6.07, 6.45) is 5.86. The number of nitrogens with zero attached hydrogens (tertiary/aromatic N) is 2. The van der Waals surface area contributed by atoms with Gasteiger partial charge in [0.05, 0.1) is 11.3 Å². The normalized spacial score (nSPS) is 13.8. The molecule has 0 atom stereocenters. The molecule has 2 heterocycles. The quantitative estimate of drug-likeness (QED) is 0.487. The van der Waals surface area contributed by atoms with Crippen molar-refractivity contribution < 1.29 is 9.90 Å². The van der Waals surface area contributed by atoms with Crippen LogP contribution in [0.1, 0.15) is 56.2 Å². The lowest BCUT2D eigenvalue weighted by atomic mass is 9.95. The third-order valence-electron chi connectivity index (χ3n) is 5.62. The van der Waals surface area contributed by atoms with Crippen molar-refractivity contribution in [2.75, 3.05) is 0 Å². The van der Waals surface area contributed by atoms with Gasteiger partial charge in [0, 0.05) is 33.1 Å². The van der Waals surface area contributed by atoms with Gasteiger partial charge in [0.25, 0.3) is 0 Å². The van der Waals surface area contributed by atoms with E-state index in [9.17, 15) is 9.90 Å². The summed E-state index contributed by atoms with van der Waals surface area (Å²) in [5, 5.41) is 11.4. The van der Waals surface area contributed by atoms with E-state index in [1.165, 1.54) is 4.88 Å². The number of aromatic carboxylic acids is 1. The smallest absolute Gasteiger partial charge is 0.339 e. The second-order valence-electron chi connectivity index (χ2n) is 7.50. The Labute approximate surface area is 179 Å². The third kappa shape index (κ3) is 3.53. The maximum absolute atomic E-state index is 12.1. The van der Waals surface area contributed by atoms with Gasteiger partial charge >= 0.3 is 5.97 Å². The Morgan fingerprint density at radius 1 is 1.24 bits per heavy atom. The topological polar surface area (TPSA) is 54.6 Å². The number of thiophene rings is 1. The summed E-state index contributed by atoms with van der Waals surface area (Å²) in [6, 6.07) is 7.74. The molecule has 1 N–H and O–H groups in total. The van der Waals surface area contributed by atoms with Gasteiger partial charge in [0.2, 0.25) is 0 Å². The van der Waals surface area contributed by atoms with Gasteiger partial charge < -0.3 is 9.67 Å². The van der Waals surface area contributed by atoms with Crippen LogP contribution in [0.15, 0.2) is 29.3 Å². The third-order valence-corrected chi connectivity index (χ3v) is 7.31. The minimum absolute atomic E-state index is 0.473. The van der Waals surface area contributed by atoms with Gasteiger partial charge in [-0.2, -0.15) is 0 Å². The second kappa shape index (κ2) is 7.81. The molecule has 2 aromatic heterocycles. The fourth-order valence-electron chi connectivity index (χ4n) is 4.04. The molecule has 4 nitrogen and oxygen atoms in total. The molecule has 3 aromatic rings. The minimum Gasteiger partial charge on any atom is -0.478 e. The first-order valence-electron chi connectivity index (χ1n) is 9.74. The Morgan fingerprint density at radius 3 is 2.76 bits per heavy atom. The largest absolute Gasteiger partial charge is 0.478 e. The van der Waals surface area contributed by atoms with Crippen LogP contribution >= 0.6 is 22.9 Å². The molecule has 1 aliphatic carbocycles. The van der Waals surface area contributed by atoms with Crippen LogP contribution < -0.4 is 0 Å². The number of carboxylic acids is 1. The fraction of sp³-hybridized carbons (Fsp3) is 0.304. The van der Waals surface area contributed by atoms with Crippen LogP contribution in [-0.2, 0) is 12.8 Å². The summed E-state index contributed by atoms with van der Waals surface area (Å²) >= 11 is 7.82. The lowest BCUT2D eigenvalue weighted by Gasteiger charge is -2.11. The molecule has 0 bridgehead atoms. The number of fused-ring (bicyclic) bond motifs is 1. The highest BCUT2D eigenvalue weighted by atomic mass is 35.5. The zero-order chi connectivity index (χ0) is 20.7. The van der Waals surface area contributed by atoms with Crippen LogP contribution in [0.25, 0.3) is 5.00 Å². The highest BCUT2D eigenvalue weighted by Gasteiger charge is 2.27. The summed E-state index contributed by atoms with van der Waals surface area (Å²) in [7, 11) is 0. The molecule has 29 heavy (non-hydrogen) atoms. The van der Waals surface area contributed by atoms with Crippen LogP contribution in [0.5, 0.6) is 0 Å². The van der Waals surface area contributed by atoms with E-state index in [1.807, 2.05) is 45.2 Å². The molecule has 0 saturated heterocycles. The van der Waals surface area contributed by atoms with Crippen LogP contribution in [0.2, 0.25) is 5.02 Å². The summed E-state index contributed by atoms with van der Waals surface area (Å²) in [5.41, 5.74) is 6.25. The van der Waals surface area contributed by atoms with Crippen LogP contribution in [0, 0.1) is 20.8 Å². The average molecular weight is 427 g/mol. The van der Waals surface area contributed by atoms with Crippen molar-refractivity contribution in [3.05, 3.63) is 67.8 Å². The van der Waals surface area contributed by atoms with E-state index in [0.717, 1.165) is 64.4 Å². The van der Waals surface area contributed by atoms with E-state index in [1.54, 1.807) is 11.3 Å². The monoisotopic (exact) mass is 426 g/mol. The van der Waals surface area contributed by atoms with Gasteiger partial charge in [0.15, 0.2) is 0 Å². The van der Waals surface area contributed by atoms with Crippen molar-refractivity contribution in [1.82, 2.24) is 4.57 Å². The molecule has 0 radical (unpaired) electrons. The number of halogens is 1. The lowest BCUT2D eigenvalue weighted by molar-refractivity contribution is 0.0696. The summed E-state index contributed by atoms with van der Waals surface area (Å²) in [4.78, 5) is 17.9. The number of carbonyl (C=O) groups is 1. The summed E-state index contributed by atoms with van der Waals surface area (Å²) in [5.74, 6) is -0.836. The molecule has 0 unspecified atom stereocenters. The van der Waals surface area contributed by atoms with Crippen molar-refractivity contribution in [1.29, 1.82) is 0 Å². The van der Waals surface area contributed by atoms with Crippen LogP contribution in [0.4, 0.5) is 5.69 Å². The molecule has 0 fully saturated rings. The molecular weight excluding hydrogens is 404 g/mol. The maximum atomic E-state index is 12.1. The molecule has 0 spiro atoms. The number of aryl methyl sites for hydroxylation is 2. The number of hydrogen-bond donors (Lipinski definition) is 1. The zero-order valence-corrected chi connectivity index (χ0v) is 18.3. The zero-order valence-electron chi connectivity index (χ0n) is 16.8. The number of benzene rings is 1. The predicted octanol–water partition coefficient (Wildman–Crippen LogP) is 6.45. The Morgan fingerprint density at radius 2 is 2.00 bits per heavy atom. The van der Waals surface area contributed by atoms with Gasteiger partial charge in [0.1, 0.15) is 5.00 Å². The summed E-state index contributed by atoms with van der Waals surface area (Å²) < 4.78 is 2.07. The Bertz CT molecular complexity index is 1140. The molecule has 150 valence electrons. The number of aromatic nitrogens is 1. The van der Waals surface area contributed by atoms with E-state index in [0.29, 0.717) is 10.6 Å². The number of carboxylic acid groups (broad SMARTS) is 1. The number of aliphatic imine (C=N–C) groups is 1. The highest BCUT2D eigenvalue weighted by Crippen LogP contribution is 2.38. The van der Waals surface area contributed by atoms with E-state index < -0.39 is 5.97 Å². The van der Waals surface area contributed by atoms with E-state index in [-0.39, 0.29) is 0 Å². The fourth-order valence-corrected chi connectivity index (χ4v) is 5.70. The minimum atomic E-state index is -0.836. The first kappa shape index (κ1) is 19.9. The molecule has 1 aromatic carbocycles. The lowest BCUT2D eigenvalue weighted by Crippen LogP contribution is -2.09. The number of rotatable bonds is 4. The molecule has 4 rings (SSSR count). The van der Waals surface area contributed by atoms with Gasteiger partial charge in [-0.1, -0.05) is 17.7 Å². The van der Waals surface area contributed by atoms with Crippen molar-refractivity contribution >= 4 is 40.8 Å². The maximum Gasteiger partial charge on any atom is 0.339 e. The molecule has 6 heteroatoms. The Balaban J connectivity index is 1.79. The standard InChI is InChI=1S/C23H23ClN2O2S/c1-13-11-16(12-25-19-9-6-8-18(24)14(19)2)15(3)26(13)22-21(23(27)28)17-7-4-5-10-20(17)29-22/h6,8-9,11-12H,4-5,7,10H2,1-3H3,(H,27,28). The molecule has 0 aliphatic heterocycles.